The topological polar surface area (TPSA) is 15.3 Å². The van der Waals surface area contributed by atoms with Gasteiger partial charge in [-0.15, -0.1) is 0 Å². The Morgan fingerprint density at radius 2 is 2.05 bits per heavy atom. The quantitative estimate of drug-likeness (QED) is 0.869. The van der Waals surface area contributed by atoms with Gasteiger partial charge in [0.15, 0.2) is 0 Å². The fourth-order valence-electron chi connectivity index (χ4n) is 2.82. The van der Waals surface area contributed by atoms with Gasteiger partial charge in [0.05, 0.1) is 0 Å². The molecule has 1 saturated heterocycles. The summed E-state index contributed by atoms with van der Waals surface area (Å²) in [4.78, 5) is 2.50. The van der Waals surface area contributed by atoms with Crippen LogP contribution in [0.4, 0.5) is 0 Å². The zero-order chi connectivity index (χ0) is 15.5. The number of hydrogen-bond donors (Lipinski definition) is 1. The highest BCUT2D eigenvalue weighted by Gasteiger charge is 2.22. The third kappa shape index (κ3) is 5.78. The fraction of sp³-hybridized carbons (Fsp3) is 0.647. The van der Waals surface area contributed by atoms with Crippen LogP contribution < -0.4 is 5.32 Å². The number of halogens is 2. The molecule has 1 heterocycles. The van der Waals surface area contributed by atoms with Crippen LogP contribution in [0.1, 0.15) is 39.2 Å². The molecule has 2 nitrogen and oxygen atoms in total. The molecule has 0 saturated carbocycles. The predicted molar refractivity (Wildman–Crippen MR) is 92.2 cm³/mol. The van der Waals surface area contributed by atoms with Gasteiger partial charge in [0.25, 0.3) is 0 Å². The summed E-state index contributed by atoms with van der Waals surface area (Å²) in [5, 5.41) is 5.20. The van der Waals surface area contributed by atoms with Gasteiger partial charge in [-0.1, -0.05) is 23.2 Å². The Kier molecular flexibility index (Phi) is 5.96. The number of piperidine rings is 1. The van der Waals surface area contributed by atoms with E-state index in [1.54, 1.807) is 0 Å². The molecule has 1 aromatic carbocycles. The third-order valence-corrected chi connectivity index (χ3v) is 4.53. The number of nitrogens with one attached hydrogen (secondary N) is 1. The number of nitrogens with zero attached hydrogens (tertiary/aromatic N) is 1. The number of hydrogen-bond acceptors (Lipinski definition) is 2. The summed E-state index contributed by atoms with van der Waals surface area (Å²) in [6.45, 7) is 10.9. The maximum atomic E-state index is 6.28. The second-order valence-corrected chi connectivity index (χ2v) is 7.95. The highest BCUT2D eigenvalue weighted by atomic mass is 35.5. The van der Waals surface area contributed by atoms with Crippen LogP contribution in [-0.2, 0) is 6.54 Å². The fourth-order valence-corrected chi connectivity index (χ4v) is 3.19. The van der Waals surface area contributed by atoms with Crippen LogP contribution in [0, 0.1) is 5.92 Å². The van der Waals surface area contributed by atoms with Crippen LogP contribution in [-0.4, -0.2) is 30.1 Å². The minimum atomic E-state index is 0.193. The summed E-state index contributed by atoms with van der Waals surface area (Å²) < 4.78 is 0. The Bertz CT molecular complexity index is 468. The lowest BCUT2D eigenvalue weighted by Gasteiger charge is -2.34. The summed E-state index contributed by atoms with van der Waals surface area (Å²) in [6.07, 6.45) is 2.57. The molecule has 0 spiro atoms. The lowest BCUT2D eigenvalue weighted by Crippen LogP contribution is -2.44. The molecule has 1 aliphatic rings. The van der Waals surface area contributed by atoms with Crippen LogP contribution in [0.25, 0.3) is 0 Å². The van der Waals surface area contributed by atoms with Gasteiger partial charge in [0.1, 0.15) is 0 Å². The summed E-state index contributed by atoms with van der Waals surface area (Å²) in [7, 11) is 0. The zero-order valence-corrected chi connectivity index (χ0v) is 14.8. The van der Waals surface area contributed by atoms with Gasteiger partial charge in [-0.25, -0.2) is 0 Å². The Labute approximate surface area is 138 Å². The smallest absolute Gasteiger partial charge is 0.0452 e. The molecule has 1 atom stereocenters. The summed E-state index contributed by atoms with van der Waals surface area (Å²) in [5.41, 5.74) is 1.33. The monoisotopic (exact) mass is 328 g/mol. The van der Waals surface area contributed by atoms with E-state index in [4.69, 9.17) is 23.2 Å². The summed E-state index contributed by atoms with van der Waals surface area (Å²) in [6, 6.07) is 5.72. The first-order chi connectivity index (χ1) is 9.83. The molecule has 2 rings (SSSR count). The Morgan fingerprint density at radius 1 is 1.29 bits per heavy atom. The molecule has 0 aliphatic carbocycles. The summed E-state index contributed by atoms with van der Waals surface area (Å²) >= 11 is 12.4. The third-order valence-electron chi connectivity index (χ3n) is 3.93. The van der Waals surface area contributed by atoms with E-state index in [1.807, 2.05) is 18.2 Å². The number of benzene rings is 1. The Balaban J connectivity index is 1.90. The van der Waals surface area contributed by atoms with Crippen LogP contribution in [0.5, 0.6) is 0 Å². The SMILES string of the molecule is CC(C)(C)NCC1CCCN(Cc2cc(Cl)ccc2Cl)C1. The normalized spacial score (nSPS) is 20.7. The molecule has 1 fully saturated rings. The van der Waals surface area contributed by atoms with E-state index in [0.717, 1.165) is 47.7 Å². The van der Waals surface area contributed by atoms with E-state index < -0.39 is 0 Å². The minimum Gasteiger partial charge on any atom is -0.312 e. The largest absolute Gasteiger partial charge is 0.312 e. The molecule has 118 valence electrons. The van der Waals surface area contributed by atoms with Crippen molar-refractivity contribution in [2.24, 2.45) is 5.92 Å². The minimum absolute atomic E-state index is 0.193. The first-order valence-electron chi connectivity index (χ1n) is 7.75. The standard InChI is InChI=1S/C17H26Cl2N2/c1-17(2,3)20-10-13-5-4-8-21(11-13)12-14-9-15(18)6-7-16(14)19/h6-7,9,13,20H,4-5,8,10-12H2,1-3H3. The molecule has 1 aromatic rings. The van der Waals surface area contributed by atoms with Crippen molar-refractivity contribution in [3.63, 3.8) is 0 Å². The highest BCUT2D eigenvalue weighted by Crippen LogP contribution is 2.24. The second-order valence-electron chi connectivity index (χ2n) is 7.11. The van der Waals surface area contributed by atoms with Crippen molar-refractivity contribution in [1.29, 1.82) is 0 Å². The molecular weight excluding hydrogens is 303 g/mol. The lowest BCUT2D eigenvalue weighted by atomic mass is 9.96. The maximum absolute atomic E-state index is 6.28. The number of likely N-dealkylation sites (tertiary alicyclic amines) is 1. The van der Waals surface area contributed by atoms with Gasteiger partial charge in [0.2, 0.25) is 0 Å². The first-order valence-corrected chi connectivity index (χ1v) is 8.50. The molecule has 1 aliphatic heterocycles. The average Bonchev–Trinajstić information content (AvgIpc) is 2.40. The van der Waals surface area contributed by atoms with Gasteiger partial charge in [0, 0.05) is 28.7 Å². The molecule has 0 aromatic heterocycles. The van der Waals surface area contributed by atoms with Crippen molar-refractivity contribution in [3.05, 3.63) is 33.8 Å². The van der Waals surface area contributed by atoms with Crippen molar-refractivity contribution >= 4 is 23.2 Å². The molecule has 0 bridgehead atoms. The van der Waals surface area contributed by atoms with Crippen LogP contribution in [0.15, 0.2) is 18.2 Å². The predicted octanol–water partition coefficient (Wildman–Crippen LogP) is 4.59. The van der Waals surface area contributed by atoms with Gasteiger partial charge >= 0.3 is 0 Å². The van der Waals surface area contributed by atoms with E-state index in [0.29, 0.717) is 0 Å². The van der Waals surface area contributed by atoms with E-state index in [2.05, 4.69) is 31.0 Å². The maximum Gasteiger partial charge on any atom is 0.0452 e. The highest BCUT2D eigenvalue weighted by molar-refractivity contribution is 6.33. The van der Waals surface area contributed by atoms with E-state index in [9.17, 15) is 0 Å². The first kappa shape index (κ1) is 17.1. The molecule has 4 heteroatoms. The Hall–Kier alpha value is -0.280. The van der Waals surface area contributed by atoms with Gasteiger partial charge in [-0.2, -0.15) is 0 Å². The average molecular weight is 329 g/mol. The molecule has 0 radical (unpaired) electrons. The number of rotatable bonds is 4. The zero-order valence-electron chi connectivity index (χ0n) is 13.3. The second kappa shape index (κ2) is 7.32. The van der Waals surface area contributed by atoms with E-state index >= 15 is 0 Å². The van der Waals surface area contributed by atoms with Crippen molar-refractivity contribution in [2.45, 2.75) is 45.7 Å². The molecule has 1 N–H and O–H groups in total. The Morgan fingerprint density at radius 3 is 2.76 bits per heavy atom. The van der Waals surface area contributed by atoms with Crippen LogP contribution in [0.3, 0.4) is 0 Å². The molecule has 21 heavy (non-hydrogen) atoms. The van der Waals surface area contributed by atoms with Crippen molar-refractivity contribution in [1.82, 2.24) is 10.2 Å². The van der Waals surface area contributed by atoms with Crippen molar-refractivity contribution in [3.8, 4) is 0 Å². The van der Waals surface area contributed by atoms with Crippen molar-refractivity contribution in [2.75, 3.05) is 19.6 Å². The van der Waals surface area contributed by atoms with Gasteiger partial charge in [-0.05, 0) is 76.4 Å². The lowest BCUT2D eigenvalue weighted by molar-refractivity contribution is 0.160. The van der Waals surface area contributed by atoms with Crippen molar-refractivity contribution < 1.29 is 0 Å². The molecular formula is C17H26Cl2N2. The van der Waals surface area contributed by atoms with Crippen LogP contribution in [0.2, 0.25) is 10.0 Å². The van der Waals surface area contributed by atoms with E-state index in [1.165, 1.54) is 12.8 Å². The van der Waals surface area contributed by atoms with E-state index in [-0.39, 0.29) is 5.54 Å². The van der Waals surface area contributed by atoms with Crippen LogP contribution >= 0.6 is 23.2 Å². The molecule has 1 unspecified atom stereocenters. The summed E-state index contributed by atoms with van der Waals surface area (Å²) in [5.74, 6) is 0.718. The van der Waals surface area contributed by atoms with Gasteiger partial charge < -0.3 is 5.32 Å². The molecule has 0 amide bonds. The van der Waals surface area contributed by atoms with Gasteiger partial charge in [-0.3, -0.25) is 4.90 Å².